The molecule has 0 saturated heterocycles. The minimum Gasteiger partial charge on any atom is -0.456 e. The number of halogens is 1. The van der Waals surface area contributed by atoms with Gasteiger partial charge >= 0.3 is 5.97 Å². The minimum absolute atomic E-state index is 0.302. The van der Waals surface area contributed by atoms with Crippen molar-refractivity contribution in [3.05, 3.63) is 22.7 Å². The lowest BCUT2D eigenvalue weighted by Crippen LogP contribution is -2.21. The van der Waals surface area contributed by atoms with E-state index >= 15 is 0 Å². The Hall–Kier alpha value is -1.52. The van der Waals surface area contributed by atoms with E-state index in [4.69, 9.17) is 10.00 Å². The van der Waals surface area contributed by atoms with Crippen LogP contribution in [0.5, 0.6) is 0 Å². The maximum absolute atomic E-state index is 11.7. The molecule has 112 valence electrons. The highest BCUT2D eigenvalue weighted by Crippen LogP contribution is 2.28. The van der Waals surface area contributed by atoms with Crippen LogP contribution >= 0.6 is 27.7 Å². The molecular weight excluding hydrogens is 356 g/mol. The summed E-state index contributed by atoms with van der Waals surface area (Å²) in [7, 11) is 0. The first kappa shape index (κ1) is 17.5. The molecule has 5 nitrogen and oxygen atoms in total. The summed E-state index contributed by atoms with van der Waals surface area (Å²) < 4.78 is 5.53. The van der Waals surface area contributed by atoms with E-state index in [1.807, 2.05) is 12.3 Å². The maximum Gasteiger partial charge on any atom is 0.306 e. The highest BCUT2D eigenvalue weighted by atomic mass is 79.9. The third kappa shape index (κ3) is 6.65. The first-order valence-electron chi connectivity index (χ1n) is 6.37. The number of thioether (sulfide) groups is 1. The Kier molecular flexibility index (Phi) is 7.87. The van der Waals surface area contributed by atoms with E-state index in [2.05, 4.69) is 21.2 Å². The fraction of sp³-hybridized carbons (Fsp3) is 0.357. The summed E-state index contributed by atoms with van der Waals surface area (Å²) in [4.78, 5) is 23.8. The molecule has 7 heteroatoms. The van der Waals surface area contributed by atoms with Crippen LogP contribution in [0.2, 0.25) is 0 Å². The van der Waals surface area contributed by atoms with Crippen molar-refractivity contribution in [2.45, 2.75) is 31.1 Å². The van der Waals surface area contributed by atoms with Crippen molar-refractivity contribution in [3.8, 4) is 5.40 Å². The van der Waals surface area contributed by atoms with Gasteiger partial charge in [-0.1, -0.05) is 13.3 Å². The number of unbranched alkanes of at least 4 members (excludes halogenated alkanes) is 1. The lowest BCUT2D eigenvalue weighted by Gasteiger charge is -2.08. The molecule has 0 spiro atoms. The standard InChI is InChI=1S/C14H15BrN2O3S/c1-2-3-4-14(19)20-8-13(18)17-12-6-5-10(21-9-16)7-11(12)15/h5-7H,2-4,8H2,1H3,(H,17,18). The topological polar surface area (TPSA) is 79.2 Å². The molecule has 0 radical (unpaired) electrons. The van der Waals surface area contributed by atoms with E-state index in [1.54, 1.807) is 18.2 Å². The molecule has 0 unspecified atom stereocenters. The summed E-state index contributed by atoms with van der Waals surface area (Å²) in [6.45, 7) is 1.68. The molecule has 0 aromatic heterocycles. The number of esters is 1. The van der Waals surface area contributed by atoms with Crippen molar-refractivity contribution in [2.24, 2.45) is 0 Å². The lowest BCUT2D eigenvalue weighted by molar-refractivity contribution is -0.147. The third-order valence-corrected chi connectivity index (χ3v) is 3.71. The molecule has 0 aliphatic heterocycles. The molecule has 1 aromatic carbocycles. The summed E-state index contributed by atoms with van der Waals surface area (Å²) in [5, 5.41) is 13.2. The number of hydrogen-bond acceptors (Lipinski definition) is 5. The number of amides is 1. The highest BCUT2D eigenvalue weighted by Gasteiger charge is 2.09. The normalized spacial score (nSPS) is 9.76. The third-order valence-electron chi connectivity index (χ3n) is 2.48. The Morgan fingerprint density at radius 2 is 2.24 bits per heavy atom. The van der Waals surface area contributed by atoms with E-state index in [0.717, 1.165) is 29.5 Å². The molecule has 1 aromatic rings. The molecule has 0 heterocycles. The maximum atomic E-state index is 11.7. The second-order valence-corrected chi connectivity index (χ2v) is 5.86. The van der Waals surface area contributed by atoms with Gasteiger partial charge in [-0.05, 0) is 52.3 Å². The Labute approximate surface area is 136 Å². The van der Waals surface area contributed by atoms with Gasteiger partial charge in [0.25, 0.3) is 5.91 Å². The summed E-state index contributed by atoms with van der Waals surface area (Å²) in [6, 6.07) is 5.14. The largest absolute Gasteiger partial charge is 0.456 e. The SMILES string of the molecule is CCCCC(=O)OCC(=O)Nc1ccc(SC#N)cc1Br. The summed E-state index contributed by atoms with van der Waals surface area (Å²) >= 11 is 4.35. The molecule has 21 heavy (non-hydrogen) atoms. The zero-order valence-corrected chi connectivity index (χ0v) is 13.9. The van der Waals surface area contributed by atoms with Crippen LogP contribution in [-0.2, 0) is 14.3 Å². The number of carbonyl (C=O) groups is 2. The van der Waals surface area contributed by atoms with Crippen LogP contribution < -0.4 is 5.32 Å². The molecule has 0 aliphatic rings. The Morgan fingerprint density at radius 3 is 2.86 bits per heavy atom. The van der Waals surface area contributed by atoms with Crippen LogP contribution in [0.3, 0.4) is 0 Å². The van der Waals surface area contributed by atoms with Crippen molar-refractivity contribution >= 4 is 45.3 Å². The van der Waals surface area contributed by atoms with E-state index in [1.165, 1.54) is 0 Å². The van der Waals surface area contributed by atoms with Crippen LogP contribution in [0, 0.1) is 10.7 Å². The second-order valence-electron chi connectivity index (χ2n) is 4.15. The van der Waals surface area contributed by atoms with Crippen molar-refractivity contribution in [1.29, 1.82) is 5.26 Å². The fourth-order valence-electron chi connectivity index (χ4n) is 1.44. The fourth-order valence-corrected chi connectivity index (χ4v) is 2.49. The lowest BCUT2D eigenvalue weighted by atomic mass is 10.2. The Morgan fingerprint density at radius 1 is 1.48 bits per heavy atom. The predicted octanol–water partition coefficient (Wildman–Crippen LogP) is 3.69. The zero-order chi connectivity index (χ0) is 15.7. The Bertz CT molecular complexity index is 558. The number of hydrogen-bond donors (Lipinski definition) is 1. The monoisotopic (exact) mass is 370 g/mol. The van der Waals surface area contributed by atoms with Gasteiger partial charge in [0.2, 0.25) is 0 Å². The van der Waals surface area contributed by atoms with E-state index in [-0.39, 0.29) is 12.6 Å². The first-order valence-corrected chi connectivity index (χ1v) is 7.98. The quantitative estimate of drug-likeness (QED) is 0.449. The van der Waals surface area contributed by atoms with E-state index in [9.17, 15) is 9.59 Å². The molecule has 1 N–H and O–H groups in total. The number of nitrogens with zero attached hydrogens (tertiary/aromatic N) is 1. The second kappa shape index (κ2) is 9.42. The molecule has 0 fully saturated rings. The minimum atomic E-state index is -0.402. The average Bonchev–Trinajstić information content (AvgIpc) is 2.46. The number of nitriles is 1. The van der Waals surface area contributed by atoms with Gasteiger partial charge in [-0.2, -0.15) is 5.26 Å². The number of ether oxygens (including phenoxy) is 1. The molecule has 0 atom stereocenters. The van der Waals surface area contributed by atoms with Crippen LogP contribution in [-0.4, -0.2) is 18.5 Å². The molecule has 0 bridgehead atoms. The number of benzene rings is 1. The van der Waals surface area contributed by atoms with Gasteiger partial charge < -0.3 is 10.1 Å². The number of rotatable bonds is 7. The first-order chi connectivity index (χ1) is 10.1. The van der Waals surface area contributed by atoms with Crippen molar-refractivity contribution < 1.29 is 14.3 Å². The summed E-state index contributed by atoms with van der Waals surface area (Å²) in [5.41, 5.74) is 0.562. The van der Waals surface area contributed by atoms with Gasteiger partial charge in [0.15, 0.2) is 6.61 Å². The average molecular weight is 371 g/mol. The van der Waals surface area contributed by atoms with Gasteiger partial charge in [0, 0.05) is 15.8 Å². The van der Waals surface area contributed by atoms with Crippen LogP contribution in [0.1, 0.15) is 26.2 Å². The van der Waals surface area contributed by atoms with Crippen LogP contribution in [0.25, 0.3) is 0 Å². The highest BCUT2D eigenvalue weighted by molar-refractivity contribution is 9.10. The smallest absolute Gasteiger partial charge is 0.306 e. The van der Waals surface area contributed by atoms with Crippen molar-refractivity contribution in [3.63, 3.8) is 0 Å². The molecule has 0 aliphatic carbocycles. The summed E-state index contributed by atoms with van der Waals surface area (Å²) in [5.74, 6) is -0.770. The Balaban J connectivity index is 2.48. The molecule has 1 rings (SSSR count). The van der Waals surface area contributed by atoms with Gasteiger partial charge in [0.05, 0.1) is 5.69 Å². The van der Waals surface area contributed by atoms with Crippen LogP contribution in [0.4, 0.5) is 5.69 Å². The number of anilines is 1. The molecule has 0 saturated carbocycles. The number of thiocyanates is 1. The van der Waals surface area contributed by atoms with Gasteiger partial charge in [-0.25, -0.2) is 0 Å². The van der Waals surface area contributed by atoms with E-state index < -0.39 is 5.91 Å². The van der Waals surface area contributed by atoms with Gasteiger partial charge in [0.1, 0.15) is 5.40 Å². The number of nitrogens with one attached hydrogen (secondary N) is 1. The zero-order valence-electron chi connectivity index (χ0n) is 11.5. The predicted molar refractivity (Wildman–Crippen MR) is 84.7 cm³/mol. The molecule has 1 amide bonds. The van der Waals surface area contributed by atoms with Crippen molar-refractivity contribution in [1.82, 2.24) is 0 Å². The summed E-state index contributed by atoms with van der Waals surface area (Å²) in [6.07, 6.45) is 1.98. The molecular formula is C14H15BrN2O3S. The van der Waals surface area contributed by atoms with Gasteiger partial charge in [-0.3, -0.25) is 9.59 Å². The van der Waals surface area contributed by atoms with Crippen LogP contribution in [0.15, 0.2) is 27.6 Å². The van der Waals surface area contributed by atoms with E-state index in [0.29, 0.717) is 16.6 Å². The number of carbonyl (C=O) groups excluding carboxylic acids is 2. The van der Waals surface area contributed by atoms with Crippen molar-refractivity contribution in [2.75, 3.05) is 11.9 Å². The van der Waals surface area contributed by atoms with Gasteiger partial charge in [-0.15, -0.1) is 0 Å².